The largest absolute Gasteiger partial charge is 0.394 e. The molecule has 0 aliphatic carbocycles. The zero-order valence-corrected chi connectivity index (χ0v) is 8.58. The van der Waals surface area contributed by atoms with E-state index in [9.17, 15) is 0 Å². The highest BCUT2D eigenvalue weighted by Gasteiger charge is 1.94. The van der Waals surface area contributed by atoms with Gasteiger partial charge in [0.1, 0.15) is 0 Å². The van der Waals surface area contributed by atoms with Crippen LogP contribution >= 0.6 is 22.6 Å². The van der Waals surface area contributed by atoms with Gasteiger partial charge in [-0.3, -0.25) is 0 Å². The van der Waals surface area contributed by atoms with Crippen LogP contribution in [0.25, 0.3) is 6.08 Å². The van der Waals surface area contributed by atoms with E-state index >= 15 is 0 Å². The highest BCUT2D eigenvalue weighted by Crippen LogP contribution is 2.11. The topological polar surface area (TPSA) is 49.9 Å². The van der Waals surface area contributed by atoms with E-state index in [1.807, 2.05) is 52.9 Å². The number of hydrogen-bond acceptors (Lipinski definition) is 2. The Morgan fingerprint density at radius 1 is 1.33 bits per heavy atom. The fourth-order valence-corrected chi connectivity index (χ4v) is 1.26. The maximum Gasteiger partial charge on any atom is 0.0712 e. The van der Waals surface area contributed by atoms with Crippen molar-refractivity contribution in [2.45, 2.75) is 0 Å². The van der Waals surface area contributed by atoms with Crippen LogP contribution in [0.4, 0.5) is 0 Å². The van der Waals surface area contributed by atoms with Crippen LogP contribution in [0.15, 0.2) is 28.0 Å². The van der Waals surface area contributed by atoms with Crippen molar-refractivity contribution in [2.75, 3.05) is 0 Å². The molecule has 0 aliphatic heterocycles. The van der Waals surface area contributed by atoms with E-state index < -0.39 is 0 Å². The molecule has 3 heteroatoms. The molecule has 1 aromatic rings. The predicted molar refractivity (Wildman–Crippen MR) is 60.5 cm³/mol. The van der Waals surface area contributed by atoms with E-state index in [0.717, 1.165) is 14.8 Å². The molecule has 0 amide bonds. The summed E-state index contributed by atoms with van der Waals surface area (Å²) >= 11 is 2.04. The summed E-state index contributed by atoms with van der Waals surface area (Å²) in [6.45, 7) is 0. The summed E-state index contributed by atoms with van der Waals surface area (Å²) in [7, 11) is 0. The van der Waals surface area contributed by atoms with Crippen molar-refractivity contribution in [3.8, 4) is 0 Å². The molecule has 0 aromatic heterocycles. The summed E-state index contributed by atoms with van der Waals surface area (Å²) in [4.78, 5) is 0. The Morgan fingerprint density at radius 3 is 2.42 bits per heavy atom. The average Bonchev–Trinajstić information content (AvgIpc) is 2.04. The van der Waals surface area contributed by atoms with Gasteiger partial charge in [0.2, 0.25) is 0 Å². The molecular formula is C9H9IN2. The minimum absolute atomic E-state index is 0.724. The molecule has 0 spiro atoms. The van der Waals surface area contributed by atoms with Gasteiger partial charge in [0.25, 0.3) is 0 Å². The summed E-state index contributed by atoms with van der Waals surface area (Å²) in [5.41, 5.74) is 7.39. The Hall–Kier alpha value is -0.840. The molecule has 1 aromatic carbocycles. The SMILES string of the molecule is N=Cc1ccccc1/C=C(/N)I. The molecular weight excluding hydrogens is 263 g/mol. The van der Waals surface area contributed by atoms with Crippen molar-refractivity contribution in [1.29, 1.82) is 5.41 Å². The summed E-state index contributed by atoms with van der Waals surface area (Å²) in [6.07, 6.45) is 3.17. The number of halogens is 1. The lowest BCUT2D eigenvalue weighted by Gasteiger charge is -1.98. The van der Waals surface area contributed by atoms with Crippen LogP contribution in [0.1, 0.15) is 11.1 Å². The van der Waals surface area contributed by atoms with E-state index in [1.54, 1.807) is 0 Å². The van der Waals surface area contributed by atoms with Crippen LogP contribution in [-0.2, 0) is 0 Å². The molecule has 0 unspecified atom stereocenters. The smallest absolute Gasteiger partial charge is 0.0712 e. The molecule has 12 heavy (non-hydrogen) atoms. The molecule has 1 rings (SSSR count). The fraction of sp³-hybridized carbons (Fsp3) is 0. The third-order valence-corrected chi connectivity index (χ3v) is 1.76. The number of nitrogens with two attached hydrogens (primary N) is 1. The standard InChI is InChI=1S/C9H9IN2/c10-9(12)5-7-3-1-2-4-8(7)6-11/h1-6,11H,12H2/b9-5+,11-6?. The van der Waals surface area contributed by atoms with Crippen LogP contribution in [-0.4, -0.2) is 6.21 Å². The highest BCUT2D eigenvalue weighted by molar-refractivity contribution is 14.1. The molecule has 0 aliphatic rings. The first-order valence-electron chi connectivity index (χ1n) is 3.46. The Morgan fingerprint density at radius 2 is 1.92 bits per heavy atom. The lowest BCUT2D eigenvalue weighted by Crippen LogP contribution is -1.89. The van der Waals surface area contributed by atoms with Crippen molar-refractivity contribution >= 4 is 34.9 Å². The number of benzene rings is 1. The first-order chi connectivity index (χ1) is 5.74. The second kappa shape index (κ2) is 4.25. The van der Waals surface area contributed by atoms with Gasteiger partial charge in [-0.05, 0) is 39.8 Å². The van der Waals surface area contributed by atoms with Crippen LogP contribution < -0.4 is 5.73 Å². The maximum absolute atomic E-state index is 7.13. The third-order valence-electron chi connectivity index (χ3n) is 1.44. The minimum Gasteiger partial charge on any atom is -0.394 e. The predicted octanol–water partition coefficient (Wildman–Crippen LogP) is 2.38. The maximum atomic E-state index is 7.13. The van der Waals surface area contributed by atoms with Crippen molar-refractivity contribution in [3.63, 3.8) is 0 Å². The molecule has 0 saturated carbocycles. The lowest BCUT2D eigenvalue weighted by molar-refractivity contribution is 1.52. The number of hydrogen-bond donors (Lipinski definition) is 2. The first kappa shape index (κ1) is 9.25. The molecule has 0 bridgehead atoms. The van der Waals surface area contributed by atoms with Crippen molar-refractivity contribution in [1.82, 2.24) is 0 Å². The Balaban J connectivity index is 3.14. The van der Waals surface area contributed by atoms with Gasteiger partial charge in [-0.1, -0.05) is 24.3 Å². The zero-order chi connectivity index (χ0) is 8.97. The van der Waals surface area contributed by atoms with E-state index in [0.29, 0.717) is 0 Å². The van der Waals surface area contributed by atoms with Gasteiger partial charge in [0, 0.05) is 6.21 Å². The fourth-order valence-electron chi connectivity index (χ4n) is 0.922. The van der Waals surface area contributed by atoms with Gasteiger partial charge >= 0.3 is 0 Å². The molecule has 0 atom stereocenters. The summed E-state index contributed by atoms with van der Waals surface area (Å²) in [5, 5.41) is 7.13. The van der Waals surface area contributed by atoms with Gasteiger partial charge in [0.05, 0.1) is 3.70 Å². The van der Waals surface area contributed by atoms with E-state index in [4.69, 9.17) is 11.1 Å². The summed E-state index contributed by atoms with van der Waals surface area (Å²) in [5.74, 6) is 0. The van der Waals surface area contributed by atoms with Crippen molar-refractivity contribution < 1.29 is 0 Å². The second-order valence-corrected chi connectivity index (χ2v) is 3.55. The molecule has 3 N–H and O–H groups in total. The molecule has 2 nitrogen and oxygen atoms in total. The van der Waals surface area contributed by atoms with Gasteiger partial charge in [-0.2, -0.15) is 0 Å². The van der Waals surface area contributed by atoms with E-state index in [2.05, 4.69) is 0 Å². The third kappa shape index (κ3) is 2.34. The Bertz CT molecular complexity index is 314. The van der Waals surface area contributed by atoms with Crippen molar-refractivity contribution in [3.05, 3.63) is 39.1 Å². The van der Waals surface area contributed by atoms with Gasteiger partial charge in [-0.25, -0.2) is 0 Å². The number of nitrogens with one attached hydrogen (secondary N) is 1. The van der Waals surface area contributed by atoms with Crippen LogP contribution in [0.3, 0.4) is 0 Å². The normalized spacial score (nSPS) is 11.2. The average molecular weight is 272 g/mol. The highest BCUT2D eigenvalue weighted by atomic mass is 127. The van der Waals surface area contributed by atoms with Crippen molar-refractivity contribution in [2.24, 2.45) is 5.73 Å². The molecule has 0 saturated heterocycles. The van der Waals surface area contributed by atoms with E-state index in [-0.39, 0.29) is 0 Å². The lowest BCUT2D eigenvalue weighted by atomic mass is 10.1. The van der Waals surface area contributed by atoms with E-state index in [1.165, 1.54) is 6.21 Å². The molecule has 62 valence electrons. The van der Waals surface area contributed by atoms with Crippen LogP contribution in [0.2, 0.25) is 0 Å². The quantitative estimate of drug-likeness (QED) is 0.484. The zero-order valence-electron chi connectivity index (χ0n) is 6.42. The molecule has 0 heterocycles. The second-order valence-electron chi connectivity index (χ2n) is 2.30. The summed E-state index contributed by atoms with van der Waals surface area (Å²) < 4.78 is 0.724. The Labute approximate surface area is 85.1 Å². The molecule has 0 radical (unpaired) electrons. The minimum atomic E-state index is 0.724. The van der Waals surface area contributed by atoms with Gasteiger partial charge in [-0.15, -0.1) is 0 Å². The van der Waals surface area contributed by atoms with Crippen LogP contribution in [0, 0.1) is 5.41 Å². The van der Waals surface area contributed by atoms with Gasteiger partial charge in [0.15, 0.2) is 0 Å². The van der Waals surface area contributed by atoms with Gasteiger partial charge < -0.3 is 11.1 Å². The Kier molecular flexibility index (Phi) is 3.28. The monoisotopic (exact) mass is 272 g/mol. The first-order valence-corrected chi connectivity index (χ1v) is 4.54. The van der Waals surface area contributed by atoms with Crippen LogP contribution in [0.5, 0.6) is 0 Å². The summed E-state index contributed by atoms with van der Waals surface area (Å²) in [6, 6.07) is 7.66. The molecule has 0 fully saturated rings. The number of rotatable bonds is 2.